The quantitative estimate of drug-likeness (QED) is 0.918. The molecule has 6 nitrogen and oxygen atoms in total. The van der Waals surface area contributed by atoms with Crippen molar-refractivity contribution in [3.8, 4) is 11.5 Å². The largest absolute Gasteiger partial charge is 0.390 e. The van der Waals surface area contributed by atoms with Gasteiger partial charge in [0.15, 0.2) is 5.82 Å². The SMILES string of the molecule is CC[C@]1(O)CCC[C@H]2CN(C(=O)c3cnc(-c4ccccn4)nc3)C[C@H]21. The molecule has 6 heteroatoms. The van der Waals surface area contributed by atoms with Crippen LogP contribution in [0.4, 0.5) is 0 Å². The van der Waals surface area contributed by atoms with Gasteiger partial charge in [0.1, 0.15) is 5.69 Å². The van der Waals surface area contributed by atoms with Gasteiger partial charge in [0.2, 0.25) is 0 Å². The summed E-state index contributed by atoms with van der Waals surface area (Å²) in [6.45, 7) is 3.38. The van der Waals surface area contributed by atoms with Crippen LogP contribution in [0.15, 0.2) is 36.8 Å². The summed E-state index contributed by atoms with van der Waals surface area (Å²) < 4.78 is 0. The summed E-state index contributed by atoms with van der Waals surface area (Å²) in [6.07, 6.45) is 8.56. The highest BCUT2D eigenvalue weighted by molar-refractivity contribution is 5.94. The molecular formula is C20H24N4O2. The highest BCUT2D eigenvalue weighted by Gasteiger charge is 2.48. The molecule has 0 radical (unpaired) electrons. The number of aromatic nitrogens is 3. The van der Waals surface area contributed by atoms with Crippen molar-refractivity contribution in [2.75, 3.05) is 13.1 Å². The van der Waals surface area contributed by atoms with Crippen LogP contribution in [0.25, 0.3) is 11.5 Å². The normalized spacial score (nSPS) is 28.0. The fraction of sp³-hybridized carbons (Fsp3) is 0.500. The van der Waals surface area contributed by atoms with Crippen molar-refractivity contribution in [3.05, 3.63) is 42.4 Å². The van der Waals surface area contributed by atoms with Crippen molar-refractivity contribution in [1.29, 1.82) is 0 Å². The van der Waals surface area contributed by atoms with Gasteiger partial charge in [0.25, 0.3) is 5.91 Å². The van der Waals surface area contributed by atoms with Crippen LogP contribution in [-0.4, -0.2) is 49.6 Å². The minimum absolute atomic E-state index is 0.0505. The molecule has 2 fully saturated rings. The molecule has 0 bridgehead atoms. The number of nitrogens with zero attached hydrogens (tertiary/aromatic N) is 4. The lowest BCUT2D eigenvalue weighted by atomic mass is 9.69. The van der Waals surface area contributed by atoms with Crippen LogP contribution < -0.4 is 0 Å². The Bertz CT molecular complexity index is 780. The van der Waals surface area contributed by atoms with Crippen molar-refractivity contribution in [2.24, 2.45) is 11.8 Å². The zero-order valence-electron chi connectivity index (χ0n) is 15.0. The van der Waals surface area contributed by atoms with Gasteiger partial charge in [-0.05, 0) is 37.3 Å². The Morgan fingerprint density at radius 1 is 1.27 bits per heavy atom. The number of amides is 1. The van der Waals surface area contributed by atoms with Crippen molar-refractivity contribution < 1.29 is 9.90 Å². The van der Waals surface area contributed by atoms with Gasteiger partial charge in [0.05, 0.1) is 11.2 Å². The topological polar surface area (TPSA) is 79.2 Å². The number of pyridine rings is 1. The third-order valence-electron chi connectivity index (χ3n) is 6.01. The van der Waals surface area contributed by atoms with Gasteiger partial charge in [-0.3, -0.25) is 9.78 Å². The molecule has 3 heterocycles. The summed E-state index contributed by atoms with van der Waals surface area (Å²) in [5.74, 6) is 1.04. The van der Waals surface area contributed by atoms with E-state index in [0.717, 1.165) is 25.7 Å². The summed E-state index contributed by atoms with van der Waals surface area (Å²) in [4.78, 5) is 27.6. The average Bonchev–Trinajstić information content (AvgIpc) is 3.14. The molecule has 1 aliphatic heterocycles. The number of carbonyl (C=O) groups is 1. The molecule has 2 aliphatic rings. The summed E-state index contributed by atoms with van der Waals surface area (Å²) in [5, 5.41) is 10.9. The van der Waals surface area contributed by atoms with Gasteiger partial charge >= 0.3 is 0 Å². The van der Waals surface area contributed by atoms with Crippen LogP contribution in [0.3, 0.4) is 0 Å². The second-order valence-electron chi connectivity index (χ2n) is 7.44. The lowest BCUT2D eigenvalue weighted by Gasteiger charge is -2.40. The second-order valence-corrected chi connectivity index (χ2v) is 7.44. The van der Waals surface area contributed by atoms with Crippen LogP contribution in [0.5, 0.6) is 0 Å². The average molecular weight is 352 g/mol. The number of carbonyl (C=O) groups excluding carboxylic acids is 1. The first-order chi connectivity index (χ1) is 12.6. The molecule has 2 aromatic rings. The first-order valence-corrected chi connectivity index (χ1v) is 9.36. The Morgan fingerprint density at radius 2 is 2.08 bits per heavy atom. The predicted octanol–water partition coefficient (Wildman–Crippen LogP) is 2.55. The number of rotatable bonds is 3. The summed E-state index contributed by atoms with van der Waals surface area (Å²) in [6, 6.07) is 5.56. The molecule has 26 heavy (non-hydrogen) atoms. The monoisotopic (exact) mass is 352 g/mol. The molecule has 0 aromatic carbocycles. The maximum Gasteiger partial charge on any atom is 0.257 e. The minimum atomic E-state index is -0.628. The number of likely N-dealkylation sites (tertiary alicyclic amines) is 1. The molecule has 1 amide bonds. The Kier molecular flexibility index (Phi) is 4.44. The fourth-order valence-electron chi connectivity index (χ4n) is 4.48. The Morgan fingerprint density at radius 3 is 2.77 bits per heavy atom. The van der Waals surface area contributed by atoms with Crippen molar-refractivity contribution >= 4 is 5.91 Å². The van der Waals surface area contributed by atoms with Gasteiger partial charge in [-0.2, -0.15) is 0 Å². The van der Waals surface area contributed by atoms with E-state index >= 15 is 0 Å². The van der Waals surface area contributed by atoms with E-state index in [1.165, 1.54) is 0 Å². The van der Waals surface area contributed by atoms with Crippen LogP contribution in [0.1, 0.15) is 43.0 Å². The first-order valence-electron chi connectivity index (χ1n) is 9.36. The van der Waals surface area contributed by atoms with E-state index in [4.69, 9.17) is 0 Å². The van der Waals surface area contributed by atoms with Crippen molar-refractivity contribution in [3.63, 3.8) is 0 Å². The van der Waals surface area contributed by atoms with E-state index < -0.39 is 5.60 Å². The van der Waals surface area contributed by atoms with Crippen LogP contribution in [0.2, 0.25) is 0 Å². The van der Waals surface area contributed by atoms with E-state index in [1.54, 1.807) is 18.6 Å². The van der Waals surface area contributed by atoms with Gasteiger partial charge in [0, 0.05) is 37.6 Å². The summed E-state index contributed by atoms with van der Waals surface area (Å²) in [7, 11) is 0. The third kappa shape index (κ3) is 2.98. The molecule has 1 saturated heterocycles. The molecular weight excluding hydrogens is 328 g/mol. The maximum atomic E-state index is 12.9. The van der Waals surface area contributed by atoms with Gasteiger partial charge in [-0.25, -0.2) is 9.97 Å². The van der Waals surface area contributed by atoms with Crippen molar-refractivity contribution in [1.82, 2.24) is 19.9 Å². The lowest BCUT2D eigenvalue weighted by Crippen LogP contribution is -2.44. The molecule has 1 aliphatic carbocycles. The van der Waals surface area contributed by atoms with E-state index in [9.17, 15) is 9.90 Å². The zero-order chi connectivity index (χ0) is 18.1. The van der Waals surface area contributed by atoms with E-state index in [-0.39, 0.29) is 11.8 Å². The Balaban J connectivity index is 1.50. The minimum Gasteiger partial charge on any atom is -0.390 e. The maximum absolute atomic E-state index is 12.9. The molecule has 4 rings (SSSR count). The van der Waals surface area contributed by atoms with Crippen molar-refractivity contribution in [2.45, 2.75) is 38.2 Å². The number of fused-ring (bicyclic) bond motifs is 1. The second kappa shape index (κ2) is 6.76. The molecule has 0 unspecified atom stereocenters. The molecule has 0 spiro atoms. The van der Waals surface area contributed by atoms with E-state index in [0.29, 0.717) is 36.1 Å². The number of hydrogen-bond acceptors (Lipinski definition) is 5. The van der Waals surface area contributed by atoms with Gasteiger partial charge < -0.3 is 10.0 Å². The van der Waals surface area contributed by atoms with Crippen LogP contribution >= 0.6 is 0 Å². The van der Waals surface area contributed by atoms with Gasteiger partial charge in [-0.15, -0.1) is 0 Å². The lowest BCUT2D eigenvalue weighted by molar-refractivity contribution is -0.0609. The first kappa shape index (κ1) is 17.1. The molecule has 3 atom stereocenters. The summed E-state index contributed by atoms with van der Waals surface area (Å²) >= 11 is 0. The number of aliphatic hydroxyl groups is 1. The van der Waals surface area contributed by atoms with Crippen LogP contribution in [0, 0.1) is 11.8 Å². The van der Waals surface area contributed by atoms with Crippen LogP contribution in [-0.2, 0) is 0 Å². The van der Waals surface area contributed by atoms with E-state index in [1.807, 2.05) is 30.0 Å². The van der Waals surface area contributed by atoms with Gasteiger partial charge in [-0.1, -0.05) is 19.4 Å². The number of hydrogen-bond donors (Lipinski definition) is 1. The molecule has 1 saturated carbocycles. The smallest absolute Gasteiger partial charge is 0.257 e. The summed E-state index contributed by atoms with van der Waals surface area (Å²) in [5.41, 5.74) is 0.548. The molecule has 1 N–H and O–H groups in total. The third-order valence-corrected chi connectivity index (χ3v) is 6.01. The Hall–Kier alpha value is -2.34. The highest BCUT2D eigenvalue weighted by Crippen LogP contribution is 2.44. The highest BCUT2D eigenvalue weighted by atomic mass is 16.3. The molecule has 2 aromatic heterocycles. The van der Waals surface area contributed by atoms with E-state index in [2.05, 4.69) is 15.0 Å². The molecule has 136 valence electrons. The Labute approximate surface area is 153 Å². The zero-order valence-corrected chi connectivity index (χ0v) is 15.0. The predicted molar refractivity (Wildman–Crippen MR) is 97.2 cm³/mol. The standard InChI is InChI=1S/C20H24N4O2/c1-2-20(26)8-5-6-14-12-24(13-16(14)20)19(25)15-10-22-18(23-11-15)17-7-3-4-9-21-17/h3-4,7,9-11,14,16,26H,2,5-6,8,12-13H2,1H3/t14-,16+,20-/m0/s1. The fourth-order valence-corrected chi connectivity index (χ4v) is 4.48.